The van der Waals surface area contributed by atoms with Gasteiger partial charge in [0.25, 0.3) is 5.91 Å². The van der Waals surface area contributed by atoms with Crippen molar-refractivity contribution in [3.63, 3.8) is 0 Å². The lowest BCUT2D eigenvalue weighted by molar-refractivity contribution is -0.124. The summed E-state index contributed by atoms with van der Waals surface area (Å²) in [5.41, 5.74) is 2.01. The number of hydrogen-bond acceptors (Lipinski definition) is 2. The number of hydrogen-bond donors (Lipinski definition) is 0. The van der Waals surface area contributed by atoms with Gasteiger partial charge in [-0.05, 0) is 43.7 Å². The van der Waals surface area contributed by atoms with Crippen LogP contribution in [0, 0.1) is 12.7 Å². The Morgan fingerprint density at radius 3 is 2.58 bits per heavy atom. The zero-order chi connectivity index (χ0) is 17.3. The summed E-state index contributed by atoms with van der Waals surface area (Å²) in [5, 5.41) is 0. The maximum atomic E-state index is 13.4. The third-order valence-electron chi connectivity index (χ3n) is 4.41. The average molecular weight is 326 g/mol. The van der Waals surface area contributed by atoms with Crippen LogP contribution in [0.2, 0.25) is 0 Å². The normalized spacial score (nSPS) is 18.0. The maximum absolute atomic E-state index is 13.4. The number of aryl methyl sites for hydroxylation is 1. The number of anilines is 1. The highest BCUT2D eigenvalue weighted by atomic mass is 19.1. The van der Waals surface area contributed by atoms with Crippen LogP contribution in [-0.4, -0.2) is 35.8 Å². The summed E-state index contributed by atoms with van der Waals surface area (Å²) < 4.78 is 13.4. The van der Waals surface area contributed by atoms with Crippen molar-refractivity contribution in [3.8, 4) is 0 Å². The molecule has 0 saturated carbocycles. The molecule has 0 N–H and O–H groups in total. The molecule has 0 bridgehead atoms. The van der Waals surface area contributed by atoms with Crippen LogP contribution in [0.4, 0.5) is 10.1 Å². The van der Waals surface area contributed by atoms with Crippen LogP contribution >= 0.6 is 0 Å². The van der Waals surface area contributed by atoms with Gasteiger partial charge in [0.15, 0.2) is 0 Å². The number of benzene rings is 2. The Labute approximate surface area is 140 Å². The Morgan fingerprint density at radius 1 is 1.12 bits per heavy atom. The quantitative estimate of drug-likeness (QED) is 0.851. The predicted molar refractivity (Wildman–Crippen MR) is 90.4 cm³/mol. The zero-order valence-electron chi connectivity index (χ0n) is 13.7. The average Bonchev–Trinajstić information content (AvgIpc) is 2.57. The molecule has 4 nitrogen and oxygen atoms in total. The topological polar surface area (TPSA) is 40.6 Å². The van der Waals surface area contributed by atoms with Crippen LogP contribution in [0.5, 0.6) is 0 Å². The summed E-state index contributed by atoms with van der Waals surface area (Å²) in [7, 11) is 0. The fraction of sp³-hybridized carbons (Fsp3) is 0.263. The fourth-order valence-electron chi connectivity index (χ4n) is 3.02. The van der Waals surface area contributed by atoms with E-state index in [2.05, 4.69) is 0 Å². The second-order valence-electron chi connectivity index (χ2n) is 5.96. The molecule has 2 aromatic carbocycles. The van der Waals surface area contributed by atoms with Gasteiger partial charge in [0, 0.05) is 24.3 Å². The van der Waals surface area contributed by atoms with Gasteiger partial charge in [-0.3, -0.25) is 9.59 Å². The van der Waals surface area contributed by atoms with Crippen LogP contribution in [0.25, 0.3) is 0 Å². The molecule has 0 radical (unpaired) electrons. The number of carbonyl (C=O) groups is 2. The first-order chi connectivity index (χ1) is 11.5. The van der Waals surface area contributed by atoms with Crippen molar-refractivity contribution < 1.29 is 14.0 Å². The number of rotatable bonds is 2. The Hall–Kier alpha value is -2.69. The van der Waals surface area contributed by atoms with E-state index in [1.807, 2.05) is 25.1 Å². The molecule has 124 valence electrons. The number of halogens is 1. The summed E-state index contributed by atoms with van der Waals surface area (Å²) >= 11 is 0. The van der Waals surface area contributed by atoms with Gasteiger partial charge >= 0.3 is 0 Å². The van der Waals surface area contributed by atoms with Crippen LogP contribution in [0.15, 0.2) is 48.5 Å². The molecule has 1 fully saturated rings. The Kier molecular flexibility index (Phi) is 4.34. The number of amides is 2. The predicted octanol–water partition coefficient (Wildman–Crippen LogP) is 3.01. The van der Waals surface area contributed by atoms with Gasteiger partial charge in [0.2, 0.25) is 5.91 Å². The largest absolute Gasteiger partial charge is 0.325 e. The number of piperazine rings is 1. The van der Waals surface area contributed by atoms with Gasteiger partial charge in [0.05, 0.1) is 0 Å². The first kappa shape index (κ1) is 16.2. The molecule has 1 atom stereocenters. The summed E-state index contributed by atoms with van der Waals surface area (Å²) in [5.74, 6) is -0.729. The first-order valence-corrected chi connectivity index (χ1v) is 7.92. The van der Waals surface area contributed by atoms with E-state index in [1.54, 1.807) is 30.0 Å². The van der Waals surface area contributed by atoms with Crippen LogP contribution in [-0.2, 0) is 4.79 Å². The summed E-state index contributed by atoms with van der Waals surface area (Å²) in [6, 6.07) is 12.7. The lowest BCUT2D eigenvalue weighted by atomic mass is 10.0. The van der Waals surface area contributed by atoms with Crippen molar-refractivity contribution in [2.75, 3.05) is 18.0 Å². The smallest absolute Gasteiger partial charge is 0.254 e. The molecule has 1 heterocycles. The minimum atomic E-state index is -0.589. The minimum Gasteiger partial charge on any atom is -0.325 e. The highest BCUT2D eigenvalue weighted by Crippen LogP contribution is 2.23. The van der Waals surface area contributed by atoms with Crippen molar-refractivity contribution in [2.24, 2.45) is 0 Å². The summed E-state index contributed by atoms with van der Waals surface area (Å²) in [6.45, 7) is 4.35. The van der Waals surface area contributed by atoms with E-state index in [0.717, 1.165) is 5.56 Å². The van der Waals surface area contributed by atoms with E-state index in [4.69, 9.17) is 0 Å². The van der Waals surface area contributed by atoms with Gasteiger partial charge in [0.1, 0.15) is 11.9 Å². The minimum absolute atomic E-state index is 0.146. The molecule has 0 spiro atoms. The Bertz CT molecular complexity index is 790. The van der Waals surface area contributed by atoms with Crippen LogP contribution < -0.4 is 4.90 Å². The molecule has 0 unspecified atom stereocenters. The van der Waals surface area contributed by atoms with Crippen molar-refractivity contribution in [3.05, 3.63) is 65.5 Å². The van der Waals surface area contributed by atoms with Crippen LogP contribution in [0.3, 0.4) is 0 Å². The van der Waals surface area contributed by atoms with Crippen molar-refractivity contribution in [2.45, 2.75) is 19.9 Å². The van der Waals surface area contributed by atoms with E-state index in [-0.39, 0.29) is 17.6 Å². The van der Waals surface area contributed by atoms with E-state index >= 15 is 0 Å². The molecule has 3 rings (SSSR count). The second-order valence-corrected chi connectivity index (χ2v) is 5.96. The first-order valence-electron chi connectivity index (χ1n) is 7.92. The molecular weight excluding hydrogens is 307 g/mol. The van der Waals surface area contributed by atoms with Gasteiger partial charge in [-0.2, -0.15) is 0 Å². The standard InChI is InChI=1S/C19H19FN2O2/c1-13-6-3-4-9-17(13)19(24)21-10-11-22(18(23)14(21)2)16-8-5-7-15(20)12-16/h3-9,12,14H,10-11H2,1-2H3/t14-/m0/s1. The third kappa shape index (κ3) is 2.89. The van der Waals surface area contributed by atoms with Gasteiger partial charge in [-0.25, -0.2) is 4.39 Å². The Balaban J connectivity index is 1.83. The Morgan fingerprint density at radius 2 is 1.88 bits per heavy atom. The summed E-state index contributed by atoms with van der Waals surface area (Å²) in [4.78, 5) is 28.6. The van der Waals surface area contributed by atoms with Gasteiger partial charge in [-0.1, -0.05) is 24.3 Å². The lowest BCUT2D eigenvalue weighted by Gasteiger charge is -2.39. The molecule has 2 aromatic rings. The molecule has 0 aromatic heterocycles. The van der Waals surface area contributed by atoms with Gasteiger partial charge < -0.3 is 9.80 Å². The van der Waals surface area contributed by atoms with E-state index in [1.165, 1.54) is 17.0 Å². The molecule has 1 aliphatic rings. The number of nitrogens with zero attached hydrogens (tertiary/aromatic N) is 2. The molecule has 24 heavy (non-hydrogen) atoms. The fourth-order valence-corrected chi connectivity index (χ4v) is 3.02. The second kappa shape index (κ2) is 6.43. The van der Waals surface area contributed by atoms with Gasteiger partial charge in [-0.15, -0.1) is 0 Å². The zero-order valence-corrected chi connectivity index (χ0v) is 13.7. The lowest BCUT2D eigenvalue weighted by Crippen LogP contribution is -2.57. The van der Waals surface area contributed by atoms with E-state index in [0.29, 0.717) is 24.3 Å². The molecule has 2 amide bonds. The molecule has 1 saturated heterocycles. The molecule has 5 heteroatoms. The third-order valence-corrected chi connectivity index (χ3v) is 4.41. The van der Waals surface area contributed by atoms with E-state index < -0.39 is 6.04 Å². The molecular formula is C19H19FN2O2. The van der Waals surface area contributed by atoms with Crippen molar-refractivity contribution in [1.29, 1.82) is 0 Å². The molecule has 0 aliphatic carbocycles. The van der Waals surface area contributed by atoms with Crippen molar-refractivity contribution in [1.82, 2.24) is 4.90 Å². The van der Waals surface area contributed by atoms with E-state index in [9.17, 15) is 14.0 Å². The maximum Gasteiger partial charge on any atom is 0.254 e. The van der Waals surface area contributed by atoms with Crippen molar-refractivity contribution >= 4 is 17.5 Å². The molecule has 1 aliphatic heterocycles. The summed E-state index contributed by atoms with van der Waals surface area (Å²) in [6.07, 6.45) is 0. The SMILES string of the molecule is Cc1ccccc1C(=O)N1CCN(c2cccc(F)c2)C(=O)[C@@H]1C. The highest BCUT2D eigenvalue weighted by molar-refractivity contribution is 6.03. The monoisotopic (exact) mass is 326 g/mol. The highest BCUT2D eigenvalue weighted by Gasteiger charge is 2.35. The van der Waals surface area contributed by atoms with Crippen LogP contribution in [0.1, 0.15) is 22.8 Å². The number of carbonyl (C=O) groups excluding carboxylic acids is 2.